The lowest BCUT2D eigenvalue weighted by molar-refractivity contribution is 0.111. The van der Waals surface area contributed by atoms with Crippen molar-refractivity contribution in [3.05, 3.63) is 47.1 Å². The molecule has 0 bridgehead atoms. The fourth-order valence-corrected chi connectivity index (χ4v) is 3.20. The summed E-state index contributed by atoms with van der Waals surface area (Å²) in [6, 6.07) is 10.1. The van der Waals surface area contributed by atoms with Crippen LogP contribution >= 0.6 is 11.3 Å². The summed E-state index contributed by atoms with van der Waals surface area (Å²) < 4.78 is 1.95. The monoisotopic (exact) mass is 256 g/mol. The number of thiazole rings is 1. The van der Waals surface area contributed by atoms with Gasteiger partial charge in [-0.3, -0.25) is 9.20 Å². The zero-order valence-electron chi connectivity index (χ0n) is 9.96. The maximum absolute atomic E-state index is 11.1. The number of hydrogen-bond donors (Lipinski definition) is 0. The molecule has 0 N–H and O–H groups in total. The Hall–Kier alpha value is -1.94. The second kappa shape index (κ2) is 4.38. The van der Waals surface area contributed by atoms with Crippen molar-refractivity contribution in [2.45, 2.75) is 13.3 Å². The van der Waals surface area contributed by atoms with E-state index in [4.69, 9.17) is 0 Å². The van der Waals surface area contributed by atoms with Crippen molar-refractivity contribution in [3.63, 3.8) is 0 Å². The van der Waals surface area contributed by atoms with Gasteiger partial charge in [-0.05, 0) is 12.0 Å². The number of aryl methyl sites for hydroxylation is 1. The molecule has 2 aromatic heterocycles. The molecule has 1 aromatic carbocycles. The van der Waals surface area contributed by atoms with E-state index in [1.165, 1.54) is 4.88 Å². The molecule has 0 saturated carbocycles. The van der Waals surface area contributed by atoms with Gasteiger partial charge in [-0.1, -0.05) is 37.3 Å². The second-order valence-corrected chi connectivity index (χ2v) is 5.07. The predicted molar refractivity (Wildman–Crippen MR) is 73.3 cm³/mol. The number of imidazole rings is 1. The van der Waals surface area contributed by atoms with E-state index in [1.807, 2.05) is 22.6 Å². The van der Waals surface area contributed by atoms with Crippen LogP contribution in [0.15, 0.2) is 36.5 Å². The van der Waals surface area contributed by atoms with Crippen LogP contribution in [0.1, 0.15) is 22.3 Å². The second-order valence-electron chi connectivity index (χ2n) is 4.01. The summed E-state index contributed by atoms with van der Waals surface area (Å²) in [6.07, 6.45) is 3.43. The molecule has 3 aromatic rings. The van der Waals surface area contributed by atoms with Gasteiger partial charge in [0, 0.05) is 4.88 Å². The number of hydrogen-bond acceptors (Lipinski definition) is 3. The quantitative estimate of drug-likeness (QED) is 0.673. The van der Waals surface area contributed by atoms with Gasteiger partial charge in [0.2, 0.25) is 0 Å². The van der Waals surface area contributed by atoms with Crippen LogP contribution in [0.5, 0.6) is 0 Å². The first-order valence-corrected chi connectivity index (χ1v) is 6.66. The number of rotatable bonds is 3. The number of benzene rings is 1. The third-order valence-corrected chi connectivity index (χ3v) is 4.15. The highest BCUT2D eigenvalue weighted by molar-refractivity contribution is 7.17. The van der Waals surface area contributed by atoms with Crippen LogP contribution in [-0.4, -0.2) is 15.7 Å². The number of carbonyl (C=O) groups is 1. The first kappa shape index (κ1) is 11.2. The van der Waals surface area contributed by atoms with E-state index in [1.54, 1.807) is 17.5 Å². The normalized spacial score (nSPS) is 10.9. The van der Waals surface area contributed by atoms with E-state index < -0.39 is 0 Å². The van der Waals surface area contributed by atoms with E-state index in [2.05, 4.69) is 24.0 Å². The number of aldehydes is 1. The van der Waals surface area contributed by atoms with Crippen LogP contribution in [0.3, 0.4) is 0 Å². The van der Waals surface area contributed by atoms with Gasteiger partial charge in [-0.15, -0.1) is 11.3 Å². The van der Waals surface area contributed by atoms with E-state index >= 15 is 0 Å². The molecule has 4 heteroatoms. The summed E-state index contributed by atoms with van der Waals surface area (Å²) in [4.78, 5) is 17.5. The van der Waals surface area contributed by atoms with Crippen LogP contribution in [0.2, 0.25) is 0 Å². The molecule has 0 fully saturated rings. The van der Waals surface area contributed by atoms with Gasteiger partial charge in [0.1, 0.15) is 5.69 Å². The predicted octanol–water partition coefficient (Wildman–Crippen LogP) is 3.44. The van der Waals surface area contributed by atoms with E-state index in [9.17, 15) is 4.79 Å². The molecule has 0 amide bonds. The Morgan fingerprint density at radius 2 is 2.11 bits per heavy atom. The zero-order chi connectivity index (χ0) is 12.5. The molecular weight excluding hydrogens is 244 g/mol. The molecule has 3 rings (SSSR count). The van der Waals surface area contributed by atoms with Crippen LogP contribution in [-0.2, 0) is 6.42 Å². The van der Waals surface area contributed by atoms with Crippen molar-refractivity contribution in [2.24, 2.45) is 0 Å². The van der Waals surface area contributed by atoms with Gasteiger partial charge in [-0.2, -0.15) is 0 Å². The summed E-state index contributed by atoms with van der Waals surface area (Å²) in [5.74, 6) is 0. The van der Waals surface area contributed by atoms with Gasteiger partial charge in [0.25, 0.3) is 0 Å². The minimum Gasteiger partial charge on any atom is -0.296 e. The molecule has 0 aliphatic carbocycles. The third-order valence-electron chi connectivity index (χ3n) is 2.95. The maximum Gasteiger partial charge on any atom is 0.194 e. The van der Waals surface area contributed by atoms with Crippen molar-refractivity contribution >= 4 is 22.6 Å². The fourth-order valence-electron chi connectivity index (χ4n) is 2.14. The van der Waals surface area contributed by atoms with E-state index in [0.717, 1.165) is 28.9 Å². The van der Waals surface area contributed by atoms with Gasteiger partial charge >= 0.3 is 0 Å². The molecule has 0 radical (unpaired) electrons. The number of carbonyl (C=O) groups excluding carboxylic acids is 1. The highest BCUT2D eigenvalue weighted by Gasteiger charge is 2.16. The Labute approximate surface area is 109 Å². The first-order valence-electron chi connectivity index (χ1n) is 5.85. The zero-order valence-corrected chi connectivity index (χ0v) is 10.8. The van der Waals surface area contributed by atoms with Crippen molar-refractivity contribution in [3.8, 4) is 11.3 Å². The lowest BCUT2D eigenvalue weighted by Crippen LogP contribution is -1.93. The molecule has 0 spiro atoms. The number of aromatic nitrogens is 2. The molecule has 2 heterocycles. The standard InChI is InChI=1S/C14H12N2OS/c1-2-12-13(10-6-4-3-5-7-10)16-11(9-17)8-15-14(16)18-12/h3-9H,2H2,1H3. The highest BCUT2D eigenvalue weighted by Crippen LogP contribution is 2.32. The first-order chi connectivity index (χ1) is 8.85. The number of fused-ring (bicyclic) bond motifs is 1. The van der Waals surface area contributed by atoms with Crippen molar-refractivity contribution < 1.29 is 4.79 Å². The van der Waals surface area contributed by atoms with Crippen LogP contribution in [0.25, 0.3) is 16.2 Å². The molecule has 3 nitrogen and oxygen atoms in total. The molecular formula is C14H12N2OS. The molecule has 0 aliphatic rings. The van der Waals surface area contributed by atoms with E-state index in [0.29, 0.717) is 5.69 Å². The third kappa shape index (κ3) is 1.57. The molecule has 0 saturated heterocycles. The summed E-state index contributed by atoms with van der Waals surface area (Å²) in [7, 11) is 0. The van der Waals surface area contributed by atoms with Crippen molar-refractivity contribution in [1.29, 1.82) is 0 Å². The maximum atomic E-state index is 11.1. The summed E-state index contributed by atoms with van der Waals surface area (Å²) >= 11 is 1.65. The topological polar surface area (TPSA) is 34.4 Å². The Balaban J connectivity index is 2.37. The highest BCUT2D eigenvalue weighted by atomic mass is 32.1. The Kier molecular flexibility index (Phi) is 2.72. The largest absolute Gasteiger partial charge is 0.296 e. The minimum atomic E-state index is 0.611. The summed E-state index contributed by atoms with van der Waals surface area (Å²) in [5, 5.41) is 0. The van der Waals surface area contributed by atoms with Gasteiger partial charge in [-0.25, -0.2) is 4.98 Å². The summed E-state index contributed by atoms with van der Waals surface area (Å²) in [5.41, 5.74) is 2.83. The summed E-state index contributed by atoms with van der Waals surface area (Å²) in [6.45, 7) is 2.12. The average molecular weight is 256 g/mol. The van der Waals surface area contributed by atoms with Crippen molar-refractivity contribution in [1.82, 2.24) is 9.38 Å². The Morgan fingerprint density at radius 3 is 2.78 bits per heavy atom. The smallest absolute Gasteiger partial charge is 0.194 e. The lowest BCUT2D eigenvalue weighted by Gasteiger charge is -2.04. The van der Waals surface area contributed by atoms with Gasteiger partial charge in [0.05, 0.1) is 11.9 Å². The van der Waals surface area contributed by atoms with Crippen LogP contribution < -0.4 is 0 Å². The number of nitrogens with zero attached hydrogens (tertiary/aromatic N) is 2. The molecule has 0 aliphatic heterocycles. The average Bonchev–Trinajstić information content (AvgIpc) is 2.97. The van der Waals surface area contributed by atoms with Crippen LogP contribution in [0.4, 0.5) is 0 Å². The van der Waals surface area contributed by atoms with E-state index in [-0.39, 0.29) is 0 Å². The molecule has 90 valence electrons. The van der Waals surface area contributed by atoms with Gasteiger partial charge in [0.15, 0.2) is 11.2 Å². The Morgan fingerprint density at radius 1 is 1.33 bits per heavy atom. The Bertz CT molecular complexity index is 697. The SMILES string of the molecule is CCc1sc2ncc(C=O)n2c1-c1ccccc1. The molecule has 0 atom stereocenters. The molecule has 0 unspecified atom stereocenters. The van der Waals surface area contributed by atoms with Crippen molar-refractivity contribution in [2.75, 3.05) is 0 Å². The van der Waals surface area contributed by atoms with Gasteiger partial charge < -0.3 is 0 Å². The lowest BCUT2D eigenvalue weighted by atomic mass is 10.1. The minimum absolute atomic E-state index is 0.611. The molecule has 18 heavy (non-hydrogen) atoms. The van der Waals surface area contributed by atoms with Crippen LogP contribution in [0, 0.1) is 0 Å². The fraction of sp³-hybridized carbons (Fsp3) is 0.143.